The smallest absolute Gasteiger partial charge is 0.253 e. The van der Waals surface area contributed by atoms with E-state index in [1.807, 2.05) is 12.1 Å². The van der Waals surface area contributed by atoms with Crippen LogP contribution in [-0.4, -0.2) is 48.4 Å². The molecule has 3 rings (SSSR count). The highest BCUT2D eigenvalue weighted by Gasteiger charge is 2.21. The highest BCUT2D eigenvalue weighted by atomic mass is 19.1. The van der Waals surface area contributed by atoms with Crippen molar-refractivity contribution in [3.8, 4) is 0 Å². The molecule has 0 aliphatic carbocycles. The van der Waals surface area contributed by atoms with Crippen LogP contribution in [0.4, 0.5) is 8.78 Å². The summed E-state index contributed by atoms with van der Waals surface area (Å²) in [6, 6.07) is 12.6. The van der Waals surface area contributed by atoms with E-state index in [0.29, 0.717) is 18.7 Å². The van der Waals surface area contributed by atoms with Gasteiger partial charge in [-0.05, 0) is 55.3 Å². The maximum atomic E-state index is 13.6. The third-order valence-electron chi connectivity index (χ3n) is 4.63. The summed E-state index contributed by atoms with van der Waals surface area (Å²) in [6.45, 7) is 3.84. The van der Waals surface area contributed by atoms with Crippen LogP contribution in [0.3, 0.4) is 0 Å². The van der Waals surface area contributed by atoms with E-state index in [0.717, 1.165) is 38.0 Å². The van der Waals surface area contributed by atoms with E-state index in [1.54, 1.807) is 11.0 Å². The van der Waals surface area contributed by atoms with Crippen LogP contribution >= 0.6 is 0 Å². The lowest BCUT2D eigenvalue weighted by Crippen LogP contribution is -2.48. The fourth-order valence-electron chi connectivity index (χ4n) is 3.14. The molecule has 2 aromatic rings. The molecule has 5 heteroatoms. The Morgan fingerprint density at radius 2 is 1.60 bits per heavy atom. The van der Waals surface area contributed by atoms with E-state index in [4.69, 9.17) is 0 Å². The van der Waals surface area contributed by atoms with Crippen LogP contribution in [0.25, 0.3) is 0 Å². The van der Waals surface area contributed by atoms with Crippen molar-refractivity contribution in [2.24, 2.45) is 0 Å². The molecule has 3 nitrogen and oxygen atoms in total. The van der Waals surface area contributed by atoms with Crippen LogP contribution in [-0.2, 0) is 6.42 Å². The molecule has 2 aromatic carbocycles. The summed E-state index contributed by atoms with van der Waals surface area (Å²) in [7, 11) is 0. The van der Waals surface area contributed by atoms with Crippen molar-refractivity contribution >= 4 is 5.91 Å². The average molecular weight is 344 g/mol. The van der Waals surface area contributed by atoms with E-state index in [-0.39, 0.29) is 17.5 Å². The number of carbonyl (C=O) groups is 1. The zero-order chi connectivity index (χ0) is 17.6. The molecule has 1 heterocycles. The zero-order valence-corrected chi connectivity index (χ0v) is 14.1. The Morgan fingerprint density at radius 1 is 0.920 bits per heavy atom. The molecule has 0 bridgehead atoms. The third-order valence-corrected chi connectivity index (χ3v) is 4.63. The number of benzene rings is 2. The Morgan fingerprint density at radius 3 is 2.28 bits per heavy atom. The molecule has 0 radical (unpaired) electrons. The van der Waals surface area contributed by atoms with Crippen molar-refractivity contribution in [2.75, 3.05) is 32.7 Å². The first kappa shape index (κ1) is 17.5. The third kappa shape index (κ3) is 4.63. The minimum atomic E-state index is -0.337. The first-order valence-corrected chi connectivity index (χ1v) is 8.64. The largest absolute Gasteiger partial charge is 0.336 e. The summed E-state index contributed by atoms with van der Waals surface area (Å²) >= 11 is 0. The van der Waals surface area contributed by atoms with Gasteiger partial charge in [0.05, 0.1) is 0 Å². The van der Waals surface area contributed by atoms with Crippen molar-refractivity contribution in [1.29, 1.82) is 0 Å². The topological polar surface area (TPSA) is 23.6 Å². The predicted octanol–water partition coefficient (Wildman–Crippen LogP) is 3.36. The first-order chi connectivity index (χ1) is 12.1. The van der Waals surface area contributed by atoms with Crippen molar-refractivity contribution in [3.63, 3.8) is 0 Å². The van der Waals surface area contributed by atoms with Crippen LogP contribution in [0.2, 0.25) is 0 Å². The lowest BCUT2D eigenvalue weighted by Gasteiger charge is -2.34. The predicted molar refractivity (Wildman–Crippen MR) is 93.5 cm³/mol. The summed E-state index contributed by atoms with van der Waals surface area (Å²) in [6.07, 6.45) is 1.62. The zero-order valence-electron chi connectivity index (χ0n) is 14.1. The Balaban J connectivity index is 1.43. The average Bonchev–Trinajstić information content (AvgIpc) is 2.64. The Hall–Kier alpha value is -2.27. The lowest BCUT2D eigenvalue weighted by molar-refractivity contribution is 0.0636. The van der Waals surface area contributed by atoms with E-state index >= 15 is 0 Å². The summed E-state index contributed by atoms with van der Waals surface area (Å²) in [5.41, 5.74) is 1.28. The number of rotatable bonds is 5. The number of nitrogens with zero attached hydrogens (tertiary/aromatic N) is 2. The van der Waals surface area contributed by atoms with Crippen molar-refractivity contribution < 1.29 is 13.6 Å². The monoisotopic (exact) mass is 344 g/mol. The second-order valence-electron chi connectivity index (χ2n) is 6.34. The summed E-state index contributed by atoms with van der Waals surface area (Å²) < 4.78 is 26.6. The van der Waals surface area contributed by atoms with Gasteiger partial charge in [-0.3, -0.25) is 9.69 Å². The molecule has 25 heavy (non-hydrogen) atoms. The molecule has 132 valence electrons. The van der Waals surface area contributed by atoms with Crippen LogP contribution in [0.15, 0.2) is 48.5 Å². The summed E-state index contributed by atoms with van der Waals surface area (Å²) in [5.74, 6) is -0.528. The second kappa shape index (κ2) is 8.21. The van der Waals surface area contributed by atoms with Gasteiger partial charge in [-0.2, -0.15) is 0 Å². The number of hydrogen-bond donors (Lipinski definition) is 0. The van der Waals surface area contributed by atoms with Crippen LogP contribution in [0, 0.1) is 11.6 Å². The molecule has 1 fully saturated rings. The first-order valence-electron chi connectivity index (χ1n) is 8.64. The lowest BCUT2D eigenvalue weighted by atomic mass is 10.1. The van der Waals surface area contributed by atoms with Gasteiger partial charge in [0.1, 0.15) is 11.6 Å². The molecule has 1 aliphatic rings. The van der Waals surface area contributed by atoms with E-state index in [1.165, 1.54) is 30.3 Å². The molecule has 0 aromatic heterocycles. The van der Waals surface area contributed by atoms with Gasteiger partial charge in [0, 0.05) is 31.7 Å². The number of halogens is 2. The number of aryl methyl sites for hydroxylation is 1. The number of piperazine rings is 1. The molecule has 0 N–H and O–H groups in total. The molecule has 1 saturated heterocycles. The van der Waals surface area contributed by atoms with Crippen molar-refractivity contribution in [3.05, 3.63) is 71.3 Å². The van der Waals surface area contributed by atoms with Gasteiger partial charge >= 0.3 is 0 Å². The molecule has 0 saturated carbocycles. The Bertz CT molecular complexity index is 710. The molecule has 1 amide bonds. The quantitative estimate of drug-likeness (QED) is 0.830. The maximum absolute atomic E-state index is 13.6. The molecular weight excluding hydrogens is 322 g/mol. The van der Waals surface area contributed by atoms with Gasteiger partial charge in [-0.25, -0.2) is 8.78 Å². The molecule has 0 atom stereocenters. The Labute approximate surface area is 146 Å². The molecular formula is C20H22F2N2O. The van der Waals surface area contributed by atoms with Crippen molar-refractivity contribution in [2.45, 2.75) is 12.8 Å². The molecule has 0 spiro atoms. The summed E-state index contributed by atoms with van der Waals surface area (Å²) in [5, 5.41) is 0. The Kier molecular flexibility index (Phi) is 5.76. The van der Waals surface area contributed by atoms with E-state index in [9.17, 15) is 13.6 Å². The number of carbonyl (C=O) groups excluding carboxylic acids is 1. The van der Waals surface area contributed by atoms with Gasteiger partial charge in [0.25, 0.3) is 5.91 Å². The standard InChI is InChI=1S/C20H22F2N2O/c21-18-9-7-17(8-10-18)20(25)24-14-12-23(13-15-24)11-3-5-16-4-1-2-6-19(16)22/h1-2,4,6-10H,3,5,11-15H2. The SMILES string of the molecule is O=C(c1ccc(F)cc1)N1CCN(CCCc2ccccc2F)CC1. The minimum absolute atomic E-state index is 0.0500. The van der Waals surface area contributed by atoms with Gasteiger partial charge in [0.15, 0.2) is 0 Å². The van der Waals surface area contributed by atoms with Gasteiger partial charge in [-0.15, -0.1) is 0 Å². The highest BCUT2D eigenvalue weighted by molar-refractivity contribution is 5.94. The highest BCUT2D eigenvalue weighted by Crippen LogP contribution is 2.12. The van der Waals surface area contributed by atoms with Crippen LogP contribution in [0.5, 0.6) is 0 Å². The van der Waals surface area contributed by atoms with E-state index in [2.05, 4.69) is 4.90 Å². The number of hydrogen-bond acceptors (Lipinski definition) is 2. The minimum Gasteiger partial charge on any atom is -0.336 e. The fourth-order valence-corrected chi connectivity index (χ4v) is 3.14. The molecule has 1 aliphatic heterocycles. The van der Waals surface area contributed by atoms with Crippen LogP contribution in [0.1, 0.15) is 22.3 Å². The summed E-state index contributed by atoms with van der Waals surface area (Å²) in [4.78, 5) is 16.5. The van der Waals surface area contributed by atoms with Gasteiger partial charge in [0.2, 0.25) is 0 Å². The van der Waals surface area contributed by atoms with Gasteiger partial charge in [-0.1, -0.05) is 18.2 Å². The fraction of sp³-hybridized carbons (Fsp3) is 0.350. The normalized spacial score (nSPS) is 15.4. The number of amides is 1. The maximum Gasteiger partial charge on any atom is 0.253 e. The second-order valence-corrected chi connectivity index (χ2v) is 6.34. The van der Waals surface area contributed by atoms with E-state index < -0.39 is 0 Å². The van der Waals surface area contributed by atoms with Crippen molar-refractivity contribution in [1.82, 2.24) is 9.80 Å². The van der Waals surface area contributed by atoms with Gasteiger partial charge < -0.3 is 4.90 Å². The molecule has 0 unspecified atom stereocenters. The van der Waals surface area contributed by atoms with Crippen LogP contribution < -0.4 is 0 Å².